The van der Waals surface area contributed by atoms with Gasteiger partial charge in [0.15, 0.2) is 0 Å². The predicted molar refractivity (Wildman–Crippen MR) is 59.3 cm³/mol. The van der Waals surface area contributed by atoms with Crippen LogP contribution in [0.15, 0.2) is 0 Å². The Bertz CT molecular complexity index is 182. The molecule has 2 N–H and O–H groups in total. The maximum absolute atomic E-state index is 9.29. The van der Waals surface area contributed by atoms with Crippen LogP contribution >= 0.6 is 8.58 Å². The molecule has 1 fully saturated rings. The third-order valence-corrected chi connectivity index (χ3v) is 4.15. The first-order valence-corrected chi connectivity index (χ1v) is 6.64. The summed E-state index contributed by atoms with van der Waals surface area (Å²) in [5, 5.41) is 18.6. The summed E-state index contributed by atoms with van der Waals surface area (Å²) in [4.78, 5) is 0. The molecular formula is C10H21O3P. The molecule has 3 nitrogen and oxygen atoms in total. The quantitative estimate of drug-likeness (QED) is 0.697. The Balaban J connectivity index is 2.76. The molecule has 0 spiro atoms. The third-order valence-electron chi connectivity index (χ3n) is 2.93. The lowest BCUT2D eigenvalue weighted by molar-refractivity contribution is -0.200. The molecule has 84 valence electrons. The van der Waals surface area contributed by atoms with Crippen LogP contribution < -0.4 is 0 Å². The molecule has 1 saturated heterocycles. The van der Waals surface area contributed by atoms with Crippen LogP contribution in [-0.2, 0) is 4.74 Å². The zero-order valence-corrected chi connectivity index (χ0v) is 10.2. The molecule has 1 aliphatic heterocycles. The van der Waals surface area contributed by atoms with Gasteiger partial charge in [0, 0.05) is 0 Å². The first kappa shape index (κ1) is 12.4. The van der Waals surface area contributed by atoms with E-state index < -0.39 is 11.2 Å². The van der Waals surface area contributed by atoms with Crippen molar-refractivity contribution >= 4 is 8.58 Å². The lowest BCUT2D eigenvalue weighted by Crippen LogP contribution is -2.53. The Kier molecular flexibility index (Phi) is 3.93. The fraction of sp³-hybridized carbons (Fsp3) is 1.00. The van der Waals surface area contributed by atoms with Gasteiger partial charge in [0.25, 0.3) is 0 Å². The van der Waals surface area contributed by atoms with Crippen LogP contribution in [0.1, 0.15) is 26.7 Å². The molecule has 0 aliphatic carbocycles. The average Bonchev–Trinajstić information content (AvgIpc) is 2.17. The number of aliphatic hydroxyl groups is 2. The molecule has 4 heteroatoms. The molecule has 1 unspecified atom stereocenters. The second-order valence-electron chi connectivity index (χ2n) is 4.71. The first-order chi connectivity index (χ1) is 6.47. The van der Waals surface area contributed by atoms with Gasteiger partial charge in [-0.3, -0.25) is 0 Å². The Morgan fingerprint density at radius 2 is 1.64 bits per heavy atom. The number of ether oxygens (including phenoxy) is 1. The van der Waals surface area contributed by atoms with Crippen LogP contribution in [0, 0.1) is 0 Å². The lowest BCUT2D eigenvalue weighted by atomic mass is 9.87. The zero-order valence-electron chi connectivity index (χ0n) is 9.21. The standard InChI is InChI=1S/C10H21O3P/c1-9(6-11)4-8(14-3)5-10(2,7-12)13-9/h8,11-12,14H,4-7H2,1-3H3/t8-,9-,10+. The van der Waals surface area contributed by atoms with Crippen molar-refractivity contribution in [1.82, 2.24) is 0 Å². The van der Waals surface area contributed by atoms with Gasteiger partial charge in [0.2, 0.25) is 0 Å². The molecule has 0 aromatic rings. The molecule has 1 rings (SSSR count). The van der Waals surface area contributed by atoms with E-state index in [4.69, 9.17) is 4.74 Å². The molecule has 1 aliphatic rings. The van der Waals surface area contributed by atoms with Crippen molar-refractivity contribution < 1.29 is 14.9 Å². The Morgan fingerprint density at radius 3 is 1.93 bits per heavy atom. The summed E-state index contributed by atoms with van der Waals surface area (Å²) in [5.41, 5.74) is -0.370. The Labute approximate surface area is 87.6 Å². The highest BCUT2D eigenvalue weighted by molar-refractivity contribution is 7.37. The molecular weight excluding hydrogens is 199 g/mol. The van der Waals surface area contributed by atoms with E-state index in [-0.39, 0.29) is 13.2 Å². The van der Waals surface area contributed by atoms with E-state index in [0.29, 0.717) is 5.66 Å². The molecule has 0 amide bonds. The zero-order chi connectivity index (χ0) is 10.8. The molecule has 4 atom stereocenters. The van der Waals surface area contributed by atoms with Crippen molar-refractivity contribution in [2.45, 2.75) is 43.6 Å². The van der Waals surface area contributed by atoms with Gasteiger partial charge in [-0.05, 0) is 39.0 Å². The molecule has 14 heavy (non-hydrogen) atoms. The van der Waals surface area contributed by atoms with Crippen molar-refractivity contribution in [2.24, 2.45) is 0 Å². The van der Waals surface area contributed by atoms with Gasteiger partial charge >= 0.3 is 0 Å². The van der Waals surface area contributed by atoms with Crippen LogP contribution in [0.25, 0.3) is 0 Å². The second kappa shape index (κ2) is 4.44. The van der Waals surface area contributed by atoms with Gasteiger partial charge in [-0.15, -0.1) is 8.58 Å². The maximum atomic E-state index is 9.29. The van der Waals surface area contributed by atoms with Crippen molar-refractivity contribution in [3.05, 3.63) is 0 Å². The third kappa shape index (κ3) is 2.66. The topological polar surface area (TPSA) is 49.7 Å². The van der Waals surface area contributed by atoms with Crippen LogP contribution in [0.5, 0.6) is 0 Å². The monoisotopic (exact) mass is 220 g/mol. The number of aliphatic hydroxyl groups excluding tert-OH is 2. The van der Waals surface area contributed by atoms with E-state index in [2.05, 4.69) is 6.66 Å². The predicted octanol–water partition coefficient (Wildman–Crippen LogP) is 0.976. The average molecular weight is 220 g/mol. The van der Waals surface area contributed by atoms with E-state index in [1.54, 1.807) is 0 Å². The number of hydrogen-bond donors (Lipinski definition) is 2. The first-order valence-electron chi connectivity index (χ1n) is 5.06. The summed E-state index contributed by atoms with van der Waals surface area (Å²) < 4.78 is 5.80. The Hall–Kier alpha value is 0.310. The van der Waals surface area contributed by atoms with E-state index in [1.807, 2.05) is 13.8 Å². The summed E-state index contributed by atoms with van der Waals surface area (Å²) in [6.45, 7) is 6.08. The minimum Gasteiger partial charge on any atom is -0.393 e. The summed E-state index contributed by atoms with van der Waals surface area (Å²) >= 11 is 0. The van der Waals surface area contributed by atoms with Gasteiger partial charge in [-0.1, -0.05) is 0 Å². The van der Waals surface area contributed by atoms with Crippen LogP contribution in [0.3, 0.4) is 0 Å². The summed E-state index contributed by atoms with van der Waals surface area (Å²) in [6, 6.07) is 0. The molecule has 0 aromatic carbocycles. The summed E-state index contributed by atoms with van der Waals surface area (Å²) in [5.74, 6) is 0. The van der Waals surface area contributed by atoms with Crippen molar-refractivity contribution in [2.75, 3.05) is 19.9 Å². The molecule has 0 radical (unpaired) electrons. The number of rotatable bonds is 3. The normalized spacial score (nSPS) is 44.8. The molecule has 0 bridgehead atoms. The fourth-order valence-corrected chi connectivity index (χ4v) is 3.46. The number of hydrogen-bond acceptors (Lipinski definition) is 3. The van der Waals surface area contributed by atoms with Gasteiger partial charge in [-0.2, -0.15) is 0 Å². The van der Waals surface area contributed by atoms with E-state index in [1.165, 1.54) is 0 Å². The SMILES string of the molecule is CP[C@@H]1C[C@](C)(CO)O[C@](C)(CO)C1. The highest BCUT2D eigenvalue weighted by atomic mass is 31.1. The lowest BCUT2D eigenvalue weighted by Gasteiger charge is -2.46. The molecule has 0 aromatic heterocycles. The highest BCUT2D eigenvalue weighted by Crippen LogP contribution is 2.41. The Morgan fingerprint density at radius 1 is 1.21 bits per heavy atom. The molecule has 0 saturated carbocycles. The minimum absolute atomic E-state index is 0.0313. The van der Waals surface area contributed by atoms with Crippen LogP contribution in [-0.4, -0.2) is 47.0 Å². The fourth-order valence-electron chi connectivity index (χ4n) is 2.19. The minimum atomic E-state index is -0.469. The van der Waals surface area contributed by atoms with Crippen LogP contribution in [0.4, 0.5) is 0 Å². The van der Waals surface area contributed by atoms with Gasteiger partial charge in [0.1, 0.15) is 0 Å². The summed E-state index contributed by atoms with van der Waals surface area (Å²) in [6.07, 6.45) is 1.79. The van der Waals surface area contributed by atoms with Gasteiger partial charge in [0.05, 0.1) is 24.4 Å². The maximum Gasteiger partial charge on any atom is 0.0898 e. The smallest absolute Gasteiger partial charge is 0.0898 e. The van der Waals surface area contributed by atoms with Crippen LogP contribution in [0.2, 0.25) is 0 Å². The highest BCUT2D eigenvalue weighted by Gasteiger charge is 2.43. The van der Waals surface area contributed by atoms with Gasteiger partial charge in [-0.25, -0.2) is 0 Å². The van der Waals surface area contributed by atoms with E-state index in [0.717, 1.165) is 21.4 Å². The van der Waals surface area contributed by atoms with Crippen molar-refractivity contribution in [1.29, 1.82) is 0 Å². The second-order valence-corrected chi connectivity index (χ2v) is 6.11. The van der Waals surface area contributed by atoms with E-state index >= 15 is 0 Å². The van der Waals surface area contributed by atoms with Crippen molar-refractivity contribution in [3.63, 3.8) is 0 Å². The van der Waals surface area contributed by atoms with Gasteiger partial charge < -0.3 is 14.9 Å². The van der Waals surface area contributed by atoms with E-state index in [9.17, 15) is 10.2 Å². The largest absolute Gasteiger partial charge is 0.393 e. The summed E-state index contributed by atoms with van der Waals surface area (Å²) in [7, 11) is 0.844. The molecule has 1 heterocycles. The van der Waals surface area contributed by atoms with Crippen molar-refractivity contribution in [3.8, 4) is 0 Å².